The molecule has 7 heteroatoms. The van der Waals surface area contributed by atoms with Gasteiger partial charge in [0, 0.05) is 0 Å². The van der Waals surface area contributed by atoms with Gasteiger partial charge < -0.3 is 0 Å². The minimum Gasteiger partial charge on any atom is -0.280 e. The fourth-order valence-corrected chi connectivity index (χ4v) is 3.52. The second-order valence-corrected chi connectivity index (χ2v) is 6.72. The van der Waals surface area contributed by atoms with Crippen molar-refractivity contribution in [3.63, 3.8) is 0 Å². The minimum atomic E-state index is -3.41. The number of sulfonamides is 1. The number of nitrogens with one attached hydrogen (secondary N) is 1. The standard InChI is InChI=1S/C10H14Cl2N2O2S/c1-6(2)5-17(15,16)14-9-7(3)4-8(11)13-10(9)12/h4,6,14H,5H2,1-3H3. The van der Waals surface area contributed by atoms with Crippen molar-refractivity contribution in [1.82, 2.24) is 4.98 Å². The predicted octanol–water partition coefficient (Wildman–Crippen LogP) is 3.09. The third-order valence-electron chi connectivity index (χ3n) is 1.95. The normalized spacial score (nSPS) is 11.9. The van der Waals surface area contributed by atoms with Crippen LogP contribution in [0.3, 0.4) is 0 Å². The molecule has 0 aliphatic heterocycles. The van der Waals surface area contributed by atoms with E-state index in [0.717, 1.165) is 0 Å². The molecule has 0 atom stereocenters. The molecular weight excluding hydrogens is 283 g/mol. The lowest BCUT2D eigenvalue weighted by atomic mass is 10.3. The second-order valence-electron chi connectivity index (χ2n) is 4.21. The van der Waals surface area contributed by atoms with E-state index >= 15 is 0 Å². The second kappa shape index (κ2) is 5.42. The Hall–Kier alpha value is -0.520. The Bertz CT molecular complexity index is 492. The minimum absolute atomic E-state index is 0.0331. The van der Waals surface area contributed by atoms with Crippen molar-refractivity contribution >= 4 is 38.9 Å². The van der Waals surface area contributed by atoms with Gasteiger partial charge in [0.1, 0.15) is 5.15 Å². The Morgan fingerprint density at radius 3 is 2.47 bits per heavy atom. The summed E-state index contributed by atoms with van der Waals surface area (Å²) in [5.74, 6) is 0.0672. The van der Waals surface area contributed by atoms with E-state index in [2.05, 4.69) is 9.71 Å². The van der Waals surface area contributed by atoms with Gasteiger partial charge in [-0.05, 0) is 24.5 Å². The molecule has 0 aliphatic rings. The summed E-state index contributed by atoms with van der Waals surface area (Å²) in [4.78, 5) is 3.80. The number of aryl methyl sites for hydroxylation is 1. The van der Waals surface area contributed by atoms with Crippen molar-refractivity contribution < 1.29 is 8.42 Å². The smallest absolute Gasteiger partial charge is 0.233 e. The van der Waals surface area contributed by atoms with E-state index in [4.69, 9.17) is 23.2 Å². The predicted molar refractivity (Wildman–Crippen MR) is 71.2 cm³/mol. The van der Waals surface area contributed by atoms with Gasteiger partial charge in [-0.2, -0.15) is 0 Å². The summed E-state index contributed by atoms with van der Waals surface area (Å²) < 4.78 is 26.0. The highest BCUT2D eigenvalue weighted by molar-refractivity contribution is 7.92. The first-order chi connectivity index (χ1) is 7.71. The third kappa shape index (κ3) is 4.33. The van der Waals surface area contributed by atoms with Crippen LogP contribution in [0.4, 0.5) is 5.69 Å². The zero-order chi connectivity index (χ0) is 13.2. The number of pyridine rings is 1. The van der Waals surface area contributed by atoms with Crippen LogP contribution in [0.1, 0.15) is 19.4 Å². The average molecular weight is 297 g/mol. The van der Waals surface area contributed by atoms with Gasteiger partial charge >= 0.3 is 0 Å². The Kier molecular flexibility index (Phi) is 4.63. The SMILES string of the molecule is Cc1cc(Cl)nc(Cl)c1NS(=O)(=O)CC(C)C. The molecule has 1 aromatic rings. The molecule has 0 amide bonds. The van der Waals surface area contributed by atoms with E-state index in [0.29, 0.717) is 5.56 Å². The molecule has 1 N–H and O–H groups in total. The van der Waals surface area contributed by atoms with Crippen LogP contribution in [0.25, 0.3) is 0 Å². The van der Waals surface area contributed by atoms with Crippen LogP contribution in [0.15, 0.2) is 6.07 Å². The van der Waals surface area contributed by atoms with Gasteiger partial charge in [-0.3, -0.25) is 4.72 Å². The van der Waals surface area contributed by atoms with Gasteiger partial charge in [-0.25, -0.2) is 13.4 Å². The van der Waals surface area contributed by atoms with Crippen LogP contribution in [-0.4, -0.2) is 19.2 Å². The van der Waals surface area contributed by atoms with E-state index in [-0.39, 0.29) is 27.7 Å². The van der Waals surface area contributed by atoms with Crippen LogP contribution in [0.5, 0.6) is 0 Å². The Morgan fingerprint density at radius 2 is 2.00 bits per heavy atom. The van der Waals surface area contributed by atoms with Crippen molar-refractivity contribution in [3.8, 4) is 0 Å². The van der Waals surface area contributed by atoms with Gasteiger partial charge in [0.15, 0.2) is 5.15 Å². The zero-order valence-corrected chi connectivity index (χ0v) is 12.1. The van der Waals surface area contributed by atoms with Crippen LogP contribution >= 0.6 is 23.2 Å². The molecule has 4 nitrogen and oxygen atoms in total. The molecule has 0 saturated heterocycles. The maximum absolute atomic E-state index is 11.8. The number of hydrogen-bond donors (Lipinski definition) is 1. The van der Waals surface area contributed by atoms with E-state index < -0.39 is 10.0 Å². The van der Waals surface area contributed by atoms with Gasteiger partial charge in [-0.1, -0.05) is 37.0 Å². The zero-order valence-electron chi connectivity index (χ0n) is 9.79. The van der Waals surface area contributed by atoms with E-state index in [1.165, 1.54) is 0 Å². The molecular formula is C10H14Cl2N2O2S. The molecule has 0 aliphatic carbocycles. The summed E-state index contributed by atoms with van der Waals surface area (Å²) in [5.41, 5.74) is 0.930. The molecule has 0 radical (unpaired) electrons. The fraction of sp³-hybridized carbons (Fsp3) is 0.500. The molecule has 96 valence electrons. The number of aromatic nitrogens is 1. The maximum Gasteiger partial charge on any atom is 0.233 e. The maximum atomic E-state index is 11.8. The molecule has 17 heavy (non-hydrogen) atoms. The quantitative estimate of drug-likeness (QED) is 0.869. The number of hydrogen-bond acceptors (Lipinski definition) is 3. The van der Waals surface area contributed by atoms with Crippen molar-refractivity contribution in [1.29, 1.82) is 0 Å². The van der Waals surface area contributed by atoms with Crippen molar-refractivity contribution in [2.24, 2.45) is 5.92 Å². The van der Waals surface area contributed by atoms with Crippen LogP contribution in [0.2, 0.25) is 10.3 Å². The number of anilines is 1. The molecule has 0 saturated carbocycles. The van der Waals surface area contributed by atoms with Gasteiger partial charge in [0.2, 0.25) is 10.0 Å². The number of rotatable bonds is 4. The third-order valence-corrected chi connectivity index (χ3v) is 4.04. The van der Waals surface area contributed by atoms with Gasteiger partial charge in [0.05, 0.1) is 11.4 Å². The summed E-state index contributed by atoms with van der Waals surface area (Å²) >= 11 is 11.6. The highest BCUT2D eigenvalue weighted by Crippen LogP contribution is 2.27. The first-order valence-corrected chi connectivity index (χ1v) is 7.45. The largest absolute Gasteiger partial charge is 0.280 e. The monoisotopic (exact) mass is 296 g/mol. The summed E-state index contributed by atoms with van der Waals surface area (Å²) in [7, 11) is -3.41. The number of halogens is 2. The highest BCUT2D eigenvalue weighted by Gasteiger charge is 2.17. The first kappa shape index (κ1) is 14.5. The van der Waals surface area contributed by atoms with E-state index in [1.807, 2.05) is 13.8 Å². The molecule has 1 aromatic heterocycles. The lowest BCUT2D eigenvalue weighted by Gasteiger charge is -2.13. The summed E-state index contributed by atoms with van der Waals surface area (Å²) in [5, 5.41) is 0.293. The highest BCUT2D eigenvalue weighted by atomic mass is 35.5. The van der Waals surface area contributed by atoms with Gasteiger partial charge in [-0.15, -0.1) is 0 Å². The van der Waals surface area contributed by atoms with E-state index in [9.17, 15) is 8.42 Å². The van der Waals surface area contributed by atoms with Crippen molar-refractivity contribution in [2.45, 2.75) is 20.8 Å². The molecule has 0 bridgehead atoms. The first-order valence-electron chi connectivity index (χ1n) is 5.04. The Morgan fingerprint density at radius 1 is 1.41 bits per heavy atom. The van der Waals surface area contributed by atoms with Crippen molar-refractivity contribution in [2.75, 3.05) is 10.5 Å². The van der Waals surface area contributed by atoms with Crippen LogP contribution in [-0.2, 0) is 10.0 Å². The summed E-state index contributed by atoms with van der Waals surface area (Å²) in [6.45, 7) is 5.37. The fourth-order valence-electron chi connectivity index (χ4n) is 1.35. The summed E-state index contributed by atoms with van der Waals surface area (Å²) in [6.07, 6.45) is 0. The molecule has 0 fully saturated rings. The summed E-state index contributed by atoms with van der Waals surface area (Å²) in [6, 6.07) is 1.56. The van der Waals surface area contributed by atoms with Crippen LogP contribution < -0.4 is 4.72 Å². The molecule has 0 unspecified atom stereocenters. The number of nitrogens with zero attached hydrogens (tertiary/aromatic N) is 1. The molecule has 1 rings (SSSR count). The average Bonchev–Trinajstić information content (AvgIpc) is 2.09. The van der Waals surface area contributed by atoms with Gasteiger partial charge in [0.25, 0.3) is 0 Å². The molecule has 1 heterocycles. The molecule has 0 aromatic carbocycles. The Labute approximate surface area is 111 Å². The lowest BCUT2D eigenvalue weighted by molar-refractivity contribution is 0.587. The topological polar surface area (TPSA) is 59.1 Å². The lowest BCUT2D eigenvalue weighted by Crippen LogP contribution is -2.21. The van der Waals surface area contributed by atoms with Crippen molar-refractivity contribution in [3.05, 3.63) is 21.9 Å². The van der Waals surface area contributed by atoms with Crippen LogP contribution in [0, 0.1) is 12.8 Å². The molecule has 0 spiro atoms. The Balaban J connectivity index is 3.04. The van der Waals surface area contributed by atoms with E-state index in [1.54, 1.807) is 13.0 Å².